The molecule has 0 aliphatic rings. The van der Waals surface area contributed by atoms with Gasteiger partial charge in [-0.3, -0.25) is 0 Å². The minimum absolute atomic E-state index is 0.255. The van der Waals surface area contributed by atoms with E-state index in [0.29, 0.717) is 16.5 Å². The van der Waals surface area contributed by atoms with Crippen LogP contribution in [0.3, 0.4) is 0 Å². The summed E-state index contributed by atoms with van der Waals surface area (Å²) in [4.78, 5) is 7.93. The second kappa shape index (κ2) is 7.34. The van der Waals surface area contributed by atoms with E-state index in [2.05, 4.69) is 20.2 Å². The summed E-state index contributed by atoms with van der Waals surface area (Å²) in [6.45, 7) is 4.49. The van der Waals surface area contributed by atoms with Crippen molar-refractivity contribution in [3.63, 3.8) is 0 Å². The monoisotopic (exact) mass is 394 g/mol. The highest BCUT2D eigenvalue weighted by atomic mass is 35.5. The summed E-state index contributed by atoms with van der Waals surface area (Å²) in [6.07, 6.45) is 6.59. The lowest BCUT2D eigenvalue weighted by molar-refractivity contribution is -0.0967. The maximum absolute atomic E-state index is 11.6. The summed E-state index contributed by atoms with van der Waals surface area (Å²) in [5.41, 5.74) is -0.837. The molecule has 7 nitrogen and oxygen atoms in total. The lowest BCUT2D eigenvalue weighted by atomic mass is 9.70. The summed E-state index contributed by atoms with van der Waals surface area (Å²) in [5.74, 6) is 0. The first-order valence-electron chi connectivity index (χ1n) is 8.10. The minimum atomic E-state index is -1.18. The number of rotatable bonds is 7. The molecule has 0 unspecified atom stereocenters. The van der Waals surface area contributed by atoms with Gasteiger partial charge in [0, 0.05) is 15.5 Å². The summed E-state index contributed by atoms with van der Waals surface area (Å²) >= 11 is 12.3. The van der Waals surface area contributed by atoms with E-state index >= 15 is 0 Å². The predicted molar refractivity (Wildman–Crippen MR) is 98.9 cm³/mol. The molecule has 138 valence electrons. The molecule has 0 atom stereocenters. The first-order valence-corrected chi connectivity index (χ1v) is 8.86. The topological polar surface area (TPSA) is 81.6 Å². The van der Waals surface area contributed by atoms with Gasteiger partial charge in [-0.15, -0.1) is 0 Å². The highest BCUT2D eigenvalue weighted by molar-refractivity contribution is 6.35. The zero-order valence-corrected chi connectivity index (χ0v) is 16.1. The quantitative estimate of drug-likeness (QED) is 0.665. The molecule has 1 N–H and O–H groups in total. The van der Waals surface area contributed by atoms with Crippen LogP contribution >= 0.6 is 23.2 Å². The number of aromatic nitrogens is 6. The molecule has 0 fully saturated rings. The molecule has 3 rings (SSSR count). The van der Waals surface area contributed by atoms with Gasteiger partial charge in [0.15, 0.2) is 0 Å². The van der Waals surface area contributed by atoms with Gasteiger partial charge >= 0.3 is 0 Å². The van der Waals surface area contributed by atoms with Gasteiger partial charge in [-0.05, 0) is 24.1 Å². The molecule has 0 aliphatic heterocycles. The van der Waals surface area contributed by atoms with Crippen molar-refractivity contribution in [3.05, 3.63) is 59.1 Å². The van der Waals surface area contributed by atoms with E-state index in [4.69, 9.17) is 23.2 Å². The van der Waals surface area contributed by atoms with Crippen LogP contribution in [0.5, 0.6) is 0 Å². The average molecular weight is 395 g/mol. The SMILES string of the molecule is CC(C)(Cc1ccc(Cl)cc1Cl)C(O)(Cn1cncn1)Cn1cncn1. The fraction of sp³-hybridized carbons (Fsp3) is 0.412. The molecule has 26 heavy (non-hydrogen) atoms. The maximum atomic E-state index is 11.6. The predicted octanol–water partition coefficient (Wildman–Crippen LogP) is 2.88. The van der Waals surface area contributed by atoms with Crippen molar-refractivity contribution >= 4 is 23.2 Å². The van der Waals surface area contributed by atoms with Crippen molar-refractivity contribution in [2.75, 3.05) is 0 Å². The van der Waals surface area contributed by atoms with Crippen LogP contribution in [0.4, 0.5) is 0 Å². The molecule has 0 saturated carbocycles. The smallest absolute Gasteiger partial charge is 0.137 e. The van der Waals surface area contributed by atoms with E-state index in [-0.39, 0.29) is 13.1 Å². The zero-order valence-electron chi connectivity index (χ0n) is 14.5. The number of nitrogens with zero attached hydrogens (tertiary/aromatic N) is 6. The highest BCUT2D eigenvalue weighted by Gasteiger charge is 2.45. The Morgan fingerprint density at radius 3 is 2.04 bits per heavy atom. The van der Waals surface area contributed by atoms with E-state index in [0.717, 1.165) is 5.56 Å². The van der Waals surface area contributed by atoms with Gasteiger partial charge in [0.25, 0.3) is 0 Å². The Morgan fingerprint density at radius 1 is 1.00 bits per heavy atom. The number of hydrogen-bond donors (Lipinski definition) is 1. The zero-order chi connectivity index (χ0) is 18.8. The molecule has 9 heteroatoms. The molecule has 0 spiro atoms. The molecule has 0 radical (unpaired) electrons. The maximum Gasteiger partial charge on any atom is 0.137 e. The average Bonchev–Trinajstić information content (AvgIpc) is 3.24. The third kappa shape index (κ3) is 4.06. The van der Waals surface area contributed by atoms with Crippen LogP contribution in [0.2, 0.25) is 10.0 Å². The molecule has 0 bridgehead atoms. The van der Waals surface area contributed by atoms with Gasteiger partial charge < -0.3 is 5.11 Å². The molecular weight excluding hydrogens is 375 g/mol. The van der Waals surface area contributed by atoms with Crippen molar-refractivity contribution in [1.29, 1.82) is 0 Å². The number of hydrogen-bond acceptors (Lipinski definition) is 5. The third-order valence-corrected chi connectivity index (χ3v) is 5.27. The van der Waals surface area contributed by atoms with Crippen molar-refractivity contribution < 1.29 is 5.11 Å². The Hall–Kier alpha value is -1.96. The van der Waals surface area contributed by atoms with Crippen molar-refractivity contribution in [2.45, 2.75) is 39.0 Å². The van der Waals surface area contributed by atoms with Crippen LogP contribution in [0.15, 0.2) is 43.5 Å². The molecule has 3 aromatic rings. The van der Waals surface area contributed by atoms with E-state index in [1.54, 1.807) is 34.2 Å². The minimum Gasteiger partial charge on any atom is -0.385 e. The standard InChI is InChI=1S/C17H20Cl2N6O/c1-16(2,6-13-3-4-14(18)5-15(13)19)17(26,7-24-11-20-9-22-24)8-25-12-21-10-23-25/h3-5,9-12,26H,6-8H2,1-2H3. The Labute approximate surface area is 161 Å². The highest BCUT2D eigenvalue weighted by Crippen LogP contribution is 2.39. The van der Waals surface area contributed by atoms with Gasteiger partial charge in [-0.1, -0.05) is 43.1 Å². The first-order chi connectivity index (χ1) is 12.3. The fourth-order valence-electron chi connectivity index (χ4n) is 2.95. The van der Waals surface area contributed by atoms with E-state index < -0.39 is 11.0 Å². The van der Waals surface area contributed by atoms with Crippen molar-refractivity contribution in [1.82, 2.24) is 29.5 Å². The molecule has 0 saturated heterocycles. The van der Waals surface area contributed by atoms with Crippen molar-refractivity contribution in [2.24, 2.45) is 5.41 Å². The van der Waals surface area contributed by atoms with Crippen molar-refractivity contribution in [3.8, 4) is 0 Å². The van der Waals surface area contributed by atoms with Gasteiger partial charge in [0.1, 0.15) is 30.9 Å². The van der Waals surface area contributed by atoms with Crippen LogP contribution in [-0.4, -0.2) is 40.2 Å². The van der Waals surface area contributed by atoms with Crippen LogP contribution in [0, 0.1) is 5.41 Å². The number of aliphatic hydroxyl groups is 1. The lowest BCUT2D eigenvalue weighted by Crippen LogP contribution is -2.52. The largest absolute Gasteiger partial charge is 0.385 e. The summed E-state index contributed by atoms with van der Waals surface area (Å²) in [5, 5.41) is 21.1. The molecule has 2 heterocycles. The molecule has 0 aliphatic carbocycles. The summed E-state index contributed by atoms with van der Waals surface area (Å²) < 4.78 is 3.23. The van der Waals surface area contributed by atoms with E-state index in [9.17, 15) is 5.11 Å². The van der Waals surface area contributed by atoms with Gasteiger partial charge in [-0.25, -0.2) is 19.3 Å². The second-order valence-corrected chi connectivity index (χ2v) is 7.86. The first kappa shape index (κ1) is 18.8. The van der Waals surface area contributed by atoms with Crippen LogP contribution in [-0.2, 0) is 19.5 Å². The Bertz CT molecular complexity index is 812. The number of halogens is 2. The van der Waals surface area contributed by atoms with Crippen LogP contribution in [0.1, 0.15) is 19.4 Å². The molecule has 0 amide bonds. The Morgan fingerprint density at radius 2 is 1.58 bits per heavy atom. The molecule has 2 aromatic heterocycles. The van der Waals surface area contributed by atoms with Gasteiger partial charge in [-0.2, -0.15) is 10.2 Å². The Balaban J connectivity index is 1.92. The normalized spacial score (nSPS) is 12.5. The van der Waals surface area contributed by atoms with Gasteiger partial charge in [0.05, 0.1) is 13.1 Å². The molecular formula is C17H20Cl2N6O. The van der Waals surface area contributed by atoms with E-state index in [1.807, 2.05) is 19.9 Å². The second-order valence-electron chi connectivity index (χ2n) is 7.01. The van der Waals surface area contributed by atoms with Gasteiger partial charge in [0.2, 0.25) is 0 Å². The summed E-state index contributed by atoms with van der Waals surface area (Å²) in [7, 11) is 0. The fourth-order valence-corrected chi connectivity index (χ4v) is 3.42. The summed E-state index contributed by atoms with van der Waals surface area (Å²) in [6, 6.07) is 5.40. The van der Waals surface area contributed by atoms with Crippen LogP contribution in [0.25, 0.3) is 0 Å². The molecule has 1 aromatic carbocycles. The van der Waals surface area contributed by atoms with Crippen LogP contribution < -0.4 is 0 Å². The van der Waals surface area contributed by atoms with E-state index in [1.165, 1.54) is 12.7 Å². The lowest BCUT2D eigenvalue weighted by Gasteiger charge is -2.42. The third-order valence-electron chi connectivity index (χ3n) is 4.69. The Kier molecular flexibility index (Phi) is 5.32. The number of benzene rings is 1.